The van der Waals surface area contributed by atoms with Gasteiger partial charge < -0.3 is 15.0 Å². The van der Waals surface area contributed by atoms with Crippen LogP contribution in [0.2, 0.25) is 5.02 Å². The largest absolute Gasteiger partial charge is 0.481 e. The Balaban J connectivity index is 1.67. The third-order valence-electron chi connectivity index (χ3n) is 3.81. The molecule has 1 saturated heterocycles. The minimum atomic E-state index is 0.265. The fourth-order valence-electron chi connectivity index (χ4n) is 2.67. The summed E-state index contributed by atoms with van der Waals surface area (Å²) in [5.74, 6) is 1.28. The van der Waals surface area contributed by atoms with E-state index in [1.54, 1.807) is 25.3 Å². The zero-order chi connectivity index (χ0) is 16.2. The van der Waals surface area contributed by atoms with Crippen molar-refractivity contribution >= 4 is 23.1 Å². The number of methoxy groups -OCH3 is 1. The fourth-order valence-corrected chi connectivity index (χ4v) is 2.97. The predicted molar refractivity (Wildman–Crippen MR) is 89.0 cm³/mol. The third kappa shape index (κ3) is 3.46. The molecule has 0 spiro atoms. The van der Waals surface area contributed by atoms with E-state index in [2.05, 4.69) is 26.3 Å². The zero-order valence-corrected chi connectivity index (χ0v) is 13.4. The molecule has 1 unspecified atom stereocenters. The first-order valence-electron chi connectivity index (χ1n) is 7.27. The number of nitriles is 1. The van der Waals surface area contributed by atoms with Crippen LogP contribution in [0.3, 0.4) is 0 Å². The standard InChI is InChI=1S/C16H16ClN5O/c1-23-16-7-15(19-10-20-16)21-12-4-5-22(9-12)14-3-2-11(8-18)6-13(14)17/h2-3,6-7,10,12H,4-5,9H2,1H3,(H,19,20,21). The summed E-state index contributed by atoms with van der Waals surface area (Å²) < 4.78 is 5.10. The van der Waals surface area contributed by atoms with Gasteiger partial charge in [-0.15, -0.1) is 0 Å². The lowest BCUT2D eigenvalue weighted by Crippen LogP contribution is -2.26. The van der Waals surface area contributed by atoms with Crippen LogP contribution in [0.15, 0.2) is 30.6 Å². The van der Waals surface area contributed by atoms with Gasteiger partial charge >= 0.3 is 0 Å². The van der Waals surface area contributed by atoms with Crippen molar-refractivity contribution in [2.75, 3.05) is 30.4 Å². The highest BCUT2D eigenvalue weighted by Gasteiger charge is 2.24. The van der Waals surface area contributed by atoms with E-state index in [4.69, 9.17) is 21.6 Å². The van der Waals surface area contributed by atoms with Gasteiger partial charge in [0.15, 0.2) is 0 Å². The van der Waals surface area contributed by atoms with Crippen LogP contribution in [0.1, 0.15) is 12.0 Å². The molecular formula is C16H16ClN5O. The molecule has 23 heavy (non-hydrogen) atoms. The Kier molecular flexibility index (Phi) is 4.49. The summed E-state index contributed by atoms with van der Waals surface area (Å²) >= 11 is 6.29. The Morgan fingerprint density at radius 2 is 2.26 bits per heavy atom. The third-order valence-corrected chi connectivity index (χ3v) is 4.11. The normalized spacial score (nSPS) is 16.9. The SMILES string of the molecule is COc1cc(NC2CCN(c3ccc(C#N)cc3Cl)C2)ncn1. The summed E-state index contributed by atoms with van der Waals surface area (Å²) in [6.07, 6.45) is 2.45. The number of hydrogen-bond acceptors (Lipinski definition) is 6. The summed E-state index contributed by atoms with van der Waals surface area (Å²) in [4.78, 5) is 10.4. The fraction of sp³-hybridized carbons (Fsp3) is 0.312. The Morgan fingerprint density at radius 1 is 1.39 bits per heavy atom. The van der Waals surface area contributed by atoms with E-state index in [0.717, 1.165) is 31.0 Å². The molecule has 1 N–H and O–H groups in total. The van der Waals surface area contributed by atoms with E-state index in [0.29, 0.717) is 16.5 Å². The lowest BCUT2D eigenvalue weighted by atomic mass is 10.2. The van der Waals surface area contributed by atoms with Crippen molar-refractivity contribution in [2.45, 2.75) is 12.5 Å². The molecule has 1 atom stereocenters. The molecule has 0 radical (unpaired) electrons. The predicted octanol–water partition coefficient (Wildman–Crippen LogP) is 2.70. The Hall–Kier alpha value is -2.52. The van der Waals surface area contributed by atoms with Crippen molar-refractivity contribution in [1.82, 2.24) is 9.97 Å². The lowest BCUT2D eigenvalue weighted by Gasteiger charge is -2.20. The number of aromatic nitrogens is 2. The quantitative estimate of drug-likeness (QED) is 0.929. The summed E-state index contributed by atoms with van der Waals surface area (Å²) in [6, 6.07) is 9.53. The molecule has 3 rings (SSSR count). The Bertz CT molecular complexity index is 745. The van der Waals surface area contributed by atoms with Gasteiger partial charge in [-0.05, 0) is 24.6 Å². The van der Waals surface area contributed by atoms with Crippen molar-refractivity contribution < 1.29 is 4.74 Å². The number of rotatable bonds is 4. The van der Waals surface area contributed by atoms with Crippen LogP contribution >= 0.6 is 11.6 Å². The van der Waals surface area contributed by atoms with Gasteiger partial charge in [-0.25, -0.2) is 9.97 Å². The van der Waals surface area contributed by atoms with Crippen molar-refractivity contribution in [2.24, 2.45) is 0 Å². The molecule has 0 saturated carbocycles. The Morgan fingerprint density at radius 3 is 3.00 bits per heavy atom. The maximum absolute atomic E-state index is 8.91. The molecule has 1 aliphatic rings. The van der Waals surface area contributed by atoms with Crippen molar-refractivity contribution in [3.8, 4) is 11.9 Å². The molecule has 7 heteroatoms. The van der Waals surface area contributed by atoms with Gasteiger partial charge in [0.25, 0.3) is 0 Å². The van der Waals surface area contributed by atoms with Crippen molar-refractivity contribution in [1.29, 1.82) is 5.26 Å². The number of ether oxygens (including phenoxy) is 1. The first kappa shape index (κ1) is 15.4. The molecule has 1 fully saturated rings. The summed E-state index contributed by atoms with van der Waals surface area (Å²) in [7, 11) is 1.58. The zero-order valence-electron chi connectivity index (χ0n) is 12.7. The molecular weight excluding hydrogens is 314 g/mol. The molecule has 0 bridgehead atoms. The van der Waals surface area contributed by atoms with E-state index in [1.807, 2.05) is 6.07 Å². The second-order valence-corrected chi connectivity index (χ2v) is 5.71. The van der Waals surface area contributed by atoms with Crippen molar-refractivity contribution in [3.05, 3.63) is 41.2 Å². The number of nitrogens with zero attached hydrogens (tertiary/aromatic N) is 4. The monoisotopic (exact) mass is 329 g/mol. The highest BCUT2D eigenvalue weighted by Crippen LogP contribution is 2.30. The number of nitrogens with one attached hydrogen (secondary N) is 1. The molecule has 2 aromatic rings. The number of hydrogen-bond donors (Lipinski definition) is 1. The molecule has 118 valence electrons. The van der Waals surface area contributed by atoms with E-state index >= 15 is 0 Å². The maximum Gasteiger partial charge on any atom is 0.218 e. The lowest BCUT2D eigenvalue weighted by molar-refractivity contribution is 0.397. The molecule has 0 aliphatic carbocycles. The topological polar surface area (TPSA) is 74.1 Å². The molecule has 1 aromatic heterocycles. The summed E-state index contributed by atoms with van der Waals surface area (Å²) in [5, 5.41) is 12.9. The van der Waals surface area contributed by atoms with Gasteiger partial charge in [0.05, 0.1) is 29.5 Å². The first-order valence-corrected chi connectivity index (χ1v) is 7.64. The van der Waals surface area contributed by atoms with Gasteiger partial charge in [0.2, 0.25) is 5.88 Å². The number of benzene rings is 1. The van der Waals surface area contributed by atoms with Crippen molar-refractivity contribution in [3.63, 3.8) is 0 Å². The molecule has 6 nitrogen and oxygen atoms in total. The molecule has 1 aliphatic heterocycles. The highest BCUT2D eigenvalue weighted by molar-refractivity contribution is 6.33. The van der Waals surface area contributed by atoms with E-state index in [1.165, 1.54) is 6.33 Å². The van der Waals surface area contributed by atoms with Gasteiger partial charge in [0.1, 0.15) is 12.1 Å². The minimum Gasteiger partial charge on any atom is -0.481 e. The minimum absolute atomic E-state index is 0.265. The average molecular weight is 330 g/mol. The summed E-state index contributed by atoms with van der Waals surface area (Å²) in [5.41, 5.74) is 1.52. The average Bonchev–Trinajstić information content (AvgIpc) is 3.03. The van der Waals surface area contributed by atoms with Gasteiger partial charge in [-0.3, -0.25) is 0 Å². The maximum atomic E-state index is 8.91. The van der Waals surface area contributed by atoms with E-state index in [9.17, 15) is 0 Å². The molecule has 2 heterocycles. The highest BCUT2D eigenvalue weighted by atomic mass is 35.5. The van der Waals surface area contributed by atoms with Crippen LogP contribution in [0, 0.1) is 11.3 Å². The first-order chi connectivity index (χ1) is 11.2. The van der Waals surface area contributed by atoms with E-state index in [-0.39, 0.29) is 6.04 Å². The summed E-state index contributed by atoms with van der Waals surface area (Å²) in [6.45, 7) is 1.71. The van der Waals surface area contributed by atoms with Crippen LogP contribution in [0.5, 0.6) is 5.88 Å². The molecule has 1 aromatic carbocycles. The number of halogens is 1. The van der Waals surface area contributed by atoms with Gasteiger partial charge in [-0.1, -0.05) is 11.6 Å². The molecule has 0 amide bonds. The van der Waals surface area contributed by atoms with Crippen LogP contribution in [0.4, 0.5) is 11.5 Å². The van der Waals surface area contributed by atoms with Crippen LogP contribution < -0.4 is 15.0 Å². The van der Waals surface area contributed by atoms with Crippen LogP contribution in [-0.4, -0.2) is 36.2 Å². The second-order valence-electron chi connectivity index (χ2n) is 5.30. The number of anilines is 2. The van der Waals surface area contributed by atoms with E-state index < -0.39 is 0 Å². The van der Waals surface area contributed by atoms with Crippen LogP contribution in [0.25, 0.3) is 0 Å². The second kappa shape index (κ2) is 6.71. The van der Waals surface area contributed by atoms with Crippen LogP contribution in [-0.2, 0) is 0 Å². The Labute approximate surface area is 139 Å². The smallest absolute Gasteiger partial charge is 0.218 e. The van der Waals surface area contributed by atoms with Gasteiger partial charge in [-0.2, -0.15) is 5.26 Å². The van der Waals surface area contributed by atoms with Gasteiger partial charge in [0, 0.05) is 25.2 Å².